The van der Waals surface area contributed by atoms with Gasteiger partial charge in [0, 0.05) is 25.7 Å². The van der Waals surface area contributed by atoms with E-state index in [4.69, 9.17) is 23.7 Å². The largest absolute Gasteiger partial charge is 0.497 e. The standard InChI is InChI=1S/C36H61N3O9/c1-33(2,3)45-29(40)22-38(23-30(41)46-34(4,5)6)19-18-37-21-27(20-26-14-16-28(44-13)17-15-26)39(24-31(42)47-35(7,8)9)25-32(43)48-36(10,11)12/h14-17,27,37H,18-25H2,1-13H3/t27-/m0/s1. The minimum Gasteiger partial charge on any atom is -0.497 e. The Morgan fingerprint density at radius 2 is 1.00 bits per heavy atom. The summed E-state index contributed by atoms with van der Waals surface area (Å²) in [5.74, 6) is -1.13. The molecule has 1 N–H and O–H groups in total. The second kappa shape index (κ2) is 18.5. The van der Waals surface area contributed by atoms with Crippen LogP contribution in [-0.2, 0) is 44.5 Å². The smallest absolute Gasteiger partial charge is 0.320 e. The summed E-state index contributed by atoms with van der Waals surface area (Å²) in [5.41, 5.74) is -1.79. The van der Waals surface area contributed by atoms with E-state index in [0.29, 0.717) is 31.8 Å². The van der Waals surface area contributed by atoms with Crippen molar-refractivity contribution in [2.45, 2.75) is 118 Å². The Morgan fingerprint density at radius 1 is 0.625 bits per heavy atom. The van der Waals surface area contributed by atoms with Crippen molar-refractivity contribution < 1.29 is 42.9 Å². The maximum absolute atomic E-state index is 13.1. The van der Waals surface area contributed by atoms with Crippen molar-refractivity contribution in [3.05, 3.63) is 29.8 Å². The summed E-state index contributed by atoms with van der Waals surface area (Å²) in [5, 5.41) is 3.41. The topological polar surface area (TPSA) is 133 Å². The van der Waals surface area contributed by atoms with Crippen molar-refractivity contribution in [1.82, 2.24) is 15.1 Å². The van der Waals surface area contributed by atoms with Crippen LogP contribution in [0.3, 0.4) is 0 Å². The van der Waals surface area contributed by atoms with Gasteiger partial charge in [-0.25, -0.2) is 0 Å². The summed E-state index contributed by atoms with van der Waals surface area (Å²) in [6.45, 7) is 22.1. The minimum absolute atomic E-state index is 0.100. The Kier molecular flexibility index (Phi) is 16.5. The Bertz CT molecular complexity index is 1110. The summed E-state index contributed by atoms with van der Waals surface area (Å²) in [6, 6.07) is 7.25. The number of methoxy groups -OCH3 is 1. The summed E-state index contributed by atoms with van der Waals surface area (Å²) >= 11 is 0. The number of carbonyl (C=O) groups excluding carboxylic acids is 4. The first-order valence-electron chi connectivity index (χ1n) is 16.5. The third kappa shape index (κ3) is 20.9. The van der Waals surface area contributed by atoms with E-state index in [1.807, 2.05) is 24.3 Å². The van der Waals surface area contributed by atoms with Crippen molar-refractivity contribution >= 4 is 23.9 Å². The van der Waals surface area contributed by atoms with Crippen LogP contribution in [0.4, 0.5) is 0 Å². The van der Waals surface area contributed by atoms with Gasteiger partial charge >= 0.3 is 23.9 Å². The lowest BCUT2D eigenvalue weighted by Crippen LogP contribution is -2.50. The van der Waals surface area contributed by atoms with E-state index in [2.05, 4.69) is 5.32 Å². The predicted molar refractivity (Wildman–Crippen MR) is 185 cm³/mol. The number of carbonyl (C=O) groups is 4. The molecule has 0 bridgehead atoms. The molecule has 274 valence electrons. The van der Waals surface area contributed by atoms with Crippen molar-refractivity contribution in [3.8, 4) is 5.75 Å². The van der Waals surface area contributed by atoms with Gasteiger partial charge in [0.1, 0.15) is 28.2 Å². The molecular weight excluding hydrogens is 618 g/mol. The number of rotatable bonds is 17. The van der Waals surface area contributed by atoms with Crippen LogP contribution >= 0.6 is 0 Å². The summed E-state index contributed by atoms with van der Waals surface area (Å²) in [6.07, 6.45) is 0.488. The quantitative estimate of drug-likeness (QED) is 0.144. The predicted octanol–water partition coefficient (Wildman–Crippen LogP) is 4.17. The van der Waals surface area contributed by atoms with E-state index in [-0.39, 0.29) is 32.2 Å². The average Bonchev–Trinajstić information content (AvgIpc) is 2.85. The molecule has 0 fully saturated rings. The van der Waals surface area contributed by atoms with Crippen LogP contribution in [-0.4, -0.2) is 115 Å². The number of ether oxygens (including phenoxy) is 5. The Morgan fingerprint density at radius 3 is 1.35 bits per heavy atom. The zero-order chi connectivity index (χ0) is 36.9. The summed E-state index contributed by atoms with van der Waals surface area (Å²) in [7, 11) is 1.60. The second-order valence-electron chi connectivity index (χ2n) is 15.9. The van der Waals surface area contributed by atoms with Gasteiger partial charge in [0.25, 0.3) is 0 Å². The van der Waals surface area contributed by atoms with E-state index < -0.39 is 46.3 Å². The monoisotopic (exact) mass is 679 g/mol. The molecule has 12 nitrogen and oxygen atoms in total. The molecule has 0 aromatic heterocycles. The van der Waals surface area contributed by atoms with Gasteiger partial charge in [-0.05, 0) is 107 Å². The first kappa shape index (κ1) is 42.8. The molecule has 0 saturated heterocycles. The van der Waals surface area contributed by atoms with Crippen LogP contribution in [0.15, 0.2) is 24.3 Å². The third-order valence-corrected chi connectivity index (χ3v) is 6.18. The Hall–Kier alpha value is -3.22. The van der Waals surface area contributed by atoms with Crippen molar-refractivity contribution in [2.24, 2.45) is 0 Å². The fourth-order valence-corrected chi connectivity index (χ4v) is 4.59. The third-order valence-electron chi connectivity index (χ3n) is 6.18. The van der Waals surface area contributed by atoms with Gasteiger partial charge in [0.15, 0.2) is 0 Å². The molecule has 1 atom stereocenters. The first-order chi connectivity index (χ1) is 21.8. The van der Waals surface area contributed by atoms with E-state index in [1.54, 1.807) is 100.0 Å². The summed E-state index contributed by atoms with van der Waals surface area (Å²) < 4.78 is 27.5. The van der Waals surface area contributed by atoms with Crippen LogP contribution in [0, 0.1) is 0 Å². The van der Waals surface area contributed by atoms with Gasteiger partial charge in [-0.2, -0.15) is 0 Å². The minimum atomic E-state index is -0.704. The number of nitrogens with zero attached hydrogens (tertiary/aromatic N) is 2. The van der Waals surface area contributed by atoms with Crippen LogP contribution in [0.5, 0.6) is 5.75 Å². The molecule has 0 radical (unpaired) electrons. The van der Waals surface area contributed by atoms with E-state index >= 15 is 0 Å². The fourth-order valence-electron chi connectivity index (χ4n) is 4.59. The van der Waals surface area contributed by atoms with E-state index in [0.717, 1.165) is 5.56 Å². The lowest BCUT2D eigenvalue weighted by Gasteiger charge is -2.33. The van der Waals surface area contributed by atoms with E-state index in [9.17, 15) is 19.2 Å². The van der Waals surface area contributed by atoms with Crippen LogP contribution in [0.2, 0.25) is 0 Å². The fraction of sp³-hybridized carbons (Fsp3) is 0.722. The molecule has 1 aromatic rings. The van der Waals surface area contributed by atoms with Crippen molar-refractivity contribution in [3.63, 3.8) is 0 Å². The lowest BCUT2D eigenvalue weighted by atomic mass is 10.0. The molecule has 0 saturated carbocycles. The molecule has 0 heterocycles. The molecule has 12 heteroatoms. The number of hydrogen-bond acceptors (Lipinski definition) is 12. The maximum atomic E-state index is 13.1. The highest BCUT2D eigenvalue weighted by atomic mass is 16.6. The van der Waals surface area contributed by atoms with Gasteiger partial charge < -0.3 is 29.0 Å². The Balaban J connectivity index is 3.24. The molecule has 0 aliphatic heterocycles. The zero-order valence-corrected chi connectivity index (χ0v) is 31.6. The van der Waals surface area contributed by atoms with Crippen LogP contribution < -0.4 is 10.1 Å². The van der Waals surface area contributed by atoms with Crippen LogP contribution in [0.25, 0.3) is 0 Å². The van der Waals surface area contributed by atoms with E-state index in [1.165, 1.54) is 0 Å². The first-order valence-corrected chi connectivity index (χ1v) is 16.5. The number of esters is 4. The maximum Gasteiger partial charge on any atom is 0.320 e. The second-order valence-corrected chi connectivity index (χ2v) is 15.9. The summed E-state index contributed by atoms with van der Waals surface area (Å²) in [4.78, 5) is 54.9. The molecule has 48 heavy (non-hydrogen) atoms. The van der Waals surface area contributed by atoms with Gasteiger partial charge in [-0.1, -0.05) is 12.1 Å². The highest BCUT2D eigenvalue weighted by Crippen LogP contribution is 2.17. The lowest BCUT2D eigenvalue weighted by molar-refractivity contribution is -0.162. The van der Waals surface area contributed by atoms with Gasteiger partial charge in [0.2, 0.25) is 0 Å². The van der Waals surface area contributed by atoms with Crippen molar-refractivity contribution in [1.29, 1.82) is 0 Å². The number of hydrogen-bond donors (Lipinski definition) is 1. The SMILES string of the molecule is COc1ccc(C[C@@H](CNCCN(CC(=O)OC(C)(C)C)CC(=O)OC(C)(C)C)N(CC(=O)OC(C)(C)C)CC(=O)OC(C)(C)C)cc1. The Labute approximate surface area is 288 Å². The normalized spacial score (nSPS) is 13.2. The number of benzene rings is 1. The molecule has 0 unspecified atom stereocenters. The molecule has 0 aliphatic carbocycles. The zero-order valence-electron chi connectivity index (χ0n) is 31.6. The van der Waals surface area contributed by atoms with Crippen LogP contribution in [0.1, 0.15) is 88.6 Å². The highest BCUT2D eigenvalue weighted by Gasteiger charge is 2.29. The number of nitrogens with one attached hydrogen (secondary N) is 1. The van der Waals surface area contributed by atoms with Gasteiger partial charge in [-0.3, -0.25) is 29.0 Å². The molecule has 1 rings (SSSR count). The molecule has 0 amide bonds. The molecule has 0 aliphatic rings. The van der Waals surface area contributed by atoms with Gasteiger partial charge in [-0.15, -0.1) is 0 Å². The highest BCUT2D eigenvalue weighted by molar-refractivity contribution is 5.76. The molecular formula is C36H61N3O9. The molecule has 0 spiro atoms. The van der Waals surface area contributed by atoms with Gasteiger partial charge in [0.05, 0.1) is 33.3 Å². The molecule has 1 aromatic carbocycles. The van der Waals surface area contributed by atoms with Crippen molar-refractivity contribution in [2.75, 3.05) is 52.9 Å². The average molecular weight is 680 g/mol.